The first-order valence-corrected chi connectivity index (χ1v) is 8.86. The molecule has 0 fully saturated rings. The lowest BCUT2D eigenvalue weighted by Crippen LogP contribution is -2.44. The van der Waals surface area contributed by atoms with Crippen LogP contribution in [0.2, 0.25) is 18.1 Å². The van der Waals surface area contributed by atoms with Crippen LogP contribution in [0.5, 0.6) is 5.75 Å². The van der Waals surface area contributed by atoms with Crippen molar-refractivity contribution in [2.45, 2.75) is 45.4 Å². The maximum Gasteiger partial charge on any atom is 0.250 e. The predicted molar refractivity (Wildman–Crippen MR) is 76.6 cm³/mol. The standard InChI is InChI=1S/C13H24N2OSi/c1-13(2,3)17(4,5)16-12-8-11(15)7-6-10(12)9-14/h6-8H,9,14-15H2,1-5H3. The first kappa shape index (κ1) is 14.1. The van der Waals surface area contributed by atoms with Crippen molar-refractivity contribution < 1.29 is 4.43 Å². The van der Waals surface area contributed by atoms with E-state index in [4.69, 9.17) is 15.9 Å². The van der Waals surface area contributed by atoms with Gasteiger partial charge in [0.15, 0.2) is 0 Å². The summed E-state index contributed by atoms with van der Waals surface area (Å²) in [5.74, 6) is 0.846. The van der Waals surface area contributed by atoms with Gasteiger partial charge in [-0.15, -0.1) is 0 Å². The Morgan fingerprint density at radius 3 is 2.29 bits per heavy atom. The van der Waals surface area contributed by atoms with Crippen LogP contribution in [0.4, 0.5) is 5.69 Å². The summed E-state index contributed by atoms with van der Waals surface area (Å²) in [4.78, 5) is 0. The maximum absolute atomic E-state index is 6.25. The SMILES string of the molecule is CC(C)(C)[Si](C)(C)Oc1cc(N)ccc1CN. The third-order valence-corrected chi connectivity index (χ3v) is 7.83. The zero-order valence-corrected chi connectivity index (χ0v) is 12.5. The zero-order chi connectivity index (χ0) is 13.3. The van der Waals surface area contributed by atoms with E-state index in [1.165, 1.54) is 0 Å². The first-order chi connectivity index (χ1) is 7.67. The van der Waals surface area contributed by atoms with Crippen LogP contribution in [0.25, 0.3) is 0 Å². The second kappa shape index (κ2) is 4.70. The van der Waals surface area contributed by atoms with Gasteiger partial charge >= 0.3 is 0 Å². The Bertz CT molecular complexity index is 397. The molecule has 17 heavy (non-hydrogen) atoms. The number of hydrogen-bond donors (Lipinski definition) is 2. The van der Waals surface area contributed by atoms with Crippen molar-refractivity contribution in [3.63, 3.8) is 0 Å². The van der Waals surface area contributed by atoms with E-state index in [2.05, 4.69) is 33.9 Å². The highest BCUT2D eigenvalue weighted by molar-refractivity contribution is 6.74. The number of nitrogens with two attached hydrogens (primary N) is 2. The van der Waals surface area contributed by atoms with E-state index in [-0.39, 0.29) is 5.04 Å². The summed E-state index contributed by atoms with van der Waals surface area (Å²) >= 11 is 0. The molecule has 0 saturated heterocycles. The fourth-order valence-corrected chi connectivity index (χ4v) is 2.31. The molecule has 0 radical (unpaired) electrons. The molecule has 0 bridgehead atoms. The minimum atomic E-state index is -1.83. The molecule has 1 rings (SSSR count). The van der Waals surface area contributed by atoms with Crippen LogP contribution in [-0.4, -0.2) is 8.32 Å². The second-order valence-corrected chi connectivity index (χ2v) is 10.7. The Labute approximate surface area is 105 Å². The smallest absolute Gasteiger partial charge is 0.250 e. The van der Waals surface area contributed by atoms with Crippen LogP contribution in [-0.2, 0) is 6.54 Å². The van der Waals surface area contributed by atoms with Crippen LogP contribution in [0, 0.1) is 0 Å². The van der Waals surface area contributed by atoms with Gasteiger partial charge in [0.2, 0.25) is 8.32 Å². The molecule has 0 heterocycles. The Morgan fingerprint density at radius 2 is 1.82 bits per heavy atom. The second-order valence-electron chi connectivity index (χ2n) is 5.93. The van der Waals surface area contributed by atoms with Gasteiger partial charge in [-0.2, -0.15) is 0 Å². The minimum absolute atomic E-state index is 0.170. The Kier molecular flexibility index (Phi) is 3.89. The van der Waals surface area contributed by atoms with E-state index in [0.717, 1.165) is 17.0 Å². The number of hydrogen-bond acceptors (Lipinski definition) is 3. The van der Waals surface area contributed by atoms with E-state index in [1.807, 2.05) is 18.2 Å². The third kappa shape index (κ3) is 3.23. The summed E-state index contributed by atoms with van der Waals surface area (Å²) in [6.45, 7) is 11.6. The van der Waals surface area contributed by atoms with E-state index in [0.29, 0.717) is 6.54 Å². The van der Waals surface area contributed by atoms with E-state index >= 15 is 0 Å². The first-order valence-electron chi connectivity index (χ1n) is 5.95. The van der Waals surface area contributed by atoms with Crippen molar-refractivity contribution in [1.29, 1.82) is 0 Å². The predicted octanol–water partition coefficient (Wildman–Crippen LogP) is 3.11. The van der Waals surface area contributed by atoms with Crippen molar-refractivity contribution in [2.75, 3.05) is 5.73 Å². The lowest BCUT2D eigenvalue weighted by atomic mass is 10.2. The van der Waals surface area contributed by atoms with Crippen LogP contribution in [0.15, 0.2) is 18.2 Å². The van der Waals surface area contributed by atoms with Crippen molar-refractivity contribution in [2.24, 2.45) is 5.73 Å². The summed E-state index contributed by atoms with van der Waals surface area (Å²) in [6, 6.07) is 5.68. The van der Waals surface area contributed by atoms with Crippen LogP contribution >= 0.6 is 0 Å². The van der Waals surface area contributed by atoms with Gasteiger partial charge in [-0.05, 0) is 24.2 Å². The van der Waals surface area contributed by atoms with Gasteiger partial charge in [-0.1, -0.05) is 26.8 Å². The highest BCUT2D eigenvalue weighted by Gasteiger charge is 2.39. The largest absolute Gasteiger partial charge is 0.543 e. The fourth-order valence-electron chi connectivity index (χ4n) is 1.26. The maximum atomic E-state index is 6.25. The number of anilines is 1. The van der Waals surface area contributed by atoms with E-state index in [1.54, 1.807) is 0 Å². The molecule has 0 atom stereocenters. The van der Waals surface area contributed by atoms with Gasteiger partial charge in [0.05, 0.1) is 0 Å². The molecule has 0 unspecified atom stereocenters. The van der Waals surface area contributed by atoms with E-state index in [9.17, 15) is 0 Å². The third-order valence-electron chi connectivity index (χ3n) is 3.48. The molecular formula is C13H24N2OSi. The molecule has 4 heteroatoms. The average molecular weight is 252 g/mol. The Hall–Kier alpha value is -1.00. The fraction of sp³-hybridized carbons (Fsp3) is 0.538. The van der Waals surface area contributed by atoms with Crippen molar-refractivity contribution in [1.82, 2.24) is 0 Å². The molecule has 0 aliphatic rings. The summed E-state index contributed by atoms with van der Waals surface area (Å²) in [5, 5.41) is 0.170. The van der Waals surface area contributed by atoms with Gasteiger partial charge in [0, 0.05) is 23.9 Å². The molecule has 0 aliphatic heterocycles. The van der Waals surface area contributed by atoms with Crippen LogP contribution < -0.4 is 15.9 Å². The summed E-state index contributed by atoms with van der Waals surface area (Å²) < 4.78 is 6.25. The average Bonchev–Trinajstić information content (AvgIpc) is 2.15. The lowest BCUT2D eigenvalue weighted by molar-refractivity contribution is 0.487. The normalized spacial score (nSPS) is 12.6. The number of benzene rings is 1. The topological polar surface area (TPSA) is 61.3 Å². The van der Waals surface area contributed by atoms with E-state index < -0.39 is 8.32 Å². The quantitative estimate of drug-likeness (QED) is 0.642. The molecule has 3 nitrogen and oxygen atoms in total. The summed E-state index contributed by atoms with van der Waals surface area (Å²) in [6.07, 6.45) is 0. The highest BCUT2D eigenvalue weighted by atomic mass is 28.4. The monoisotopic (exact) mass is 252 g/mol. The van der Waals surface area contributed by atoms with Crippen molar-refractivity contribution in [3.05, 3.63) is 23.8 Å². The number of nitrogen functional groups attached to an aromatic ring is 1. The molecule has 0 aliphatic carbocycles. The Balaban J connectivity index is 3.06. The highest BCUT2D eigenvalue weighted by Crippen LogP contribution is 2.38. The minimum Gasteiger partial charge on any atom is -0.543 e. The number of rotatable bonds is 3. The van der Waals surface area contributed by atoms with Gasteiger partial charge in [-0.25, -0.2) is 0 Å². The molecule has 1 aromatic rings. The molecule has 1 aromatic carbocycles. The van der Waals surface area contributed by atoms with Crippen molar-refractivity contribution in [3.8, 4) is 5.75 Å². The lowest BCUT2D eigenvalue weighted by Gasteiger charge is -2.37. The molecule has 0 spiro atoms. The van der Waals surface area contributed by atoms with Gasteiger partial charge in [0.1, 0.15) is 5.75 Å². The molecular weight excluding hydrogens is 228 g/mol. The summed E-state index contributed by atoms with van der Waals surface area (Å²) in [7, 11) is -1.83. The molecule has 0 aromatic heterocycles. The van der Waals surface area contributed by atoms with Gasteiger partial charge < -0.3 is 15.9 Å². The molecule has 0 amide bonds. The molecule has 0 saturated carbocycles. The van der Waals surface area contributed by atoms with Crippen LogP contribution in [0.1, 0.15) is 26.3 Å². The molecule has 96 valence electrons. The molecule has 4 N–H and O–H groups in total. The summed E-state index contributed by atoms with van der Waals surface area (Å²) in [5.41, 5.74) is 13.3. The van der Waals surface area contributed by atoms with Crippen molar-refractivity contribution >= 4 is 14.0 Å². The zero-order valence-electron chi connectivity index (χ0n) is 11.5. The van der Waals surface area contributed by atoms with Crippen LogP contribution in [0.3, 0.4) is 0 Å². The van der Waals surface area contributed by atoms with Gasteiger partial charge in [0.25, 0.3) is 0 Å². The Morgan fingerprint density at radius 1 is 1.24 bits per heavy atom. The van der Waals surface area contributed by atoms with Gasteiger partial charge in [-0.3, -0.25) is 0 Å².